The number of anilines is 1. The third-order valence-electron chi connectivity index (χ3n) is 3.31. The highest BCUT2D eigenvalue weighted by molar-refractivity contribution is 6.31. The largest absolute Gasteiger partial charge is 0.381 e. The lowest BCUT2D eigenvalue weighted by molar-refractivity contribution is 0.0711. The molecule has 0 amide bonds. The van der Waals surface area contributed by atoms with Crippen molar-refractivity contribution in [2.45, 2.75) is 18.9 Å². The Labute approximate surface area is 108 Å². The summed E-state index contributed by atoms with van der Waals surface area (Å²) in [6.07, 6.45) is 1.76. The van der Waals surface area contributed by atoms with E-state index >= 15 is 0 Å². The summed E-state index contributed by atoms with van der Waals surface area (Å²) in [4.78, 5) is 4.19. The lowest BCUT2D eigenvalue weighted by atomic mass is 10.1. The average molecular weight is 270 g/mol. The minimum Gasteiger partial charge on any atom is -0.381 e. The molecule has 1 saturated heterocycles. The number of nitrogens with two attached hydrogens (primary N) is 1. The molecule has 0 saturated carbocycles. The van der Waals surface area contributed by atoms with Gasteiger partial charge in [0.1, 0.15) is 5.82 Å². The molecule has 2 N–H and O–H groups in total. The molecule has 1 fully saturated rings. The fraction of sp³-hybridized carbons (Fsp3) is 0.417. The SMILES string of the molecule is Nc1nc2cc(F)c(Cl)cc2n1C1CCOCC1. The van der Waals surface area contributed by atoms with Gasteiger partial charge in [-0.05, 0) is 18.9 Å². The lowest BCUT2D eigenvalue weighted by Crippen LogP contribution is -2.20. The van der Waals surface area contributed by atoms with Crippen LogP contribution in [0.4, 0.5) is 10.3 Å². The van der Waals surface area contributed by atoms with Gasteiger partial charge in [-0.3, -0.25) is 0 Å². The maximum atomic E-state index is 13.4. The van der Waals surface area contributed by atoms with Gasteiger partial charge in [0.2, 0.25) is 5.95 Å². The number of rotatable bonds is 1. The summed E-state index contributed by atoms with van der Waals surface area (Å²) in [6.45, 7) is 1.41. The van der Waals surface area contributed by atoms with E-state index in [1.54, 1.807) is 6.07 Å². The predicted molar refractivity (Wildman–Crippen MR) is 68.2 cm³/mol. The smallest absolute Gasteiger partial charge is 0.201 e. The van der Waals surface area contributed by atoms with Crippen LogP contribution in [0.2, 0.25) is 5.02 Å². The van der Waals surface area contributed by atoms with Crippen molar-refractivity contribution in [3.05, 3.63) is 23.0 Å². The summed E-state index contributed by atoms with van der Waals surface area (Å²) in [6, 6.07) is 3.15. The van der Waals surface area contributed by atoms with Gasteiger partial charge in [-0.1, -0.05) is 11.6 Å². The zero-order valence-electron chi connectivity index (χ0n) is 9.70. The van der Waals surface area contributed by atoms with Crippen LogP contribution in [0.3, 0.4) is 0 Å². The van der Waals surface area contributed by atoms with E-state index in [9.17, 15) is 4.39 Å². The molecule has 0 unspecified atom stereocenters. The second-order valence-corrected chi connectivity index (χ2v) is 4.85. The van der Waals surface area contributed by atoms with E-state index in [2.05, 4.69) is 4.98 Å². The number of hydrogen-bond donors (Lipinski definition) is 1. The van der Waals surface area contributed by atoms with Crippen molar-refractivity contribution in [3.63, 3.8) is 0 Å². The molecule has 1 aliphatic heterocycles. The minimum absolute atomic E-state index is 0.0932. The maximum absolute atomic E-state index is 13.4. The molecule has 0 aliphatic carbocycles. The number of halogens is 2. The number of nitrogens with zero attached hydrogens (tertiary/aromatic N) is 2. The Kier molecular flexibility index (Phi) is 2.87. The van der Waals surface area contributed by atoms with Gasteiger partial charge in [0, 0.05) is 25.3 Å². The molecule has 2 aromatic rings. The van der Waals surface area contributed by atoms with Gasteiger partial charge in [0.05, 0.1) is 16.1 Å². The molecular formula is C12H13ClFN3O. The Bertz CT molecular complexity index is 593. The summed E-state index contributed by atoms with van der Waals surface area (Å²) in [5, 5.41) is 0.0932. The quantitative estimate of drug-likeness (QED) is 0.866. The first-order valence-corrected chi connectivity index (χ1v) is 6.25. The van der Waals surface area contributed by atoms with Crippen LogP contribution in [0.25, 0.3) is 11.0 Å². The second-order valence-electron chi connectivity index (χ2n) is 4.44. The van der Waals surface area contributed by atoms with Gasteiger partial charge >= 0.3 is 0 Å². The summed E-state index contributed by atoms with van der Waals surface area (Å²) in [5.41, 5.74) is 7.26. The minimum atomic E-state index is -0.471. The molecule has 0 spiro atoms. The molecule has 0 radical (unpaired) electrons. The molecular weight excluding hydrogens is 257 g/mol. The Morgan fingerprint density at radius 1 is 1.39 bits per heavy atom. The van der Waals surface area contributed by atoms with Crippen LogP contribution in [0, 0.1) is 5.82 Å². The molecule has 1 aromatic heterocycles. The van der Waals surface area contributed by atoms with Gasteiger partial charge in [-0.25, -0.2) is 9.37 Å². The van der Waals surface area contributed by atoms with E-state index in [1.807, 2.05) is 4.57 Å². The molecule has 18 heavy (non-hydrogen) atoms. The number of imidazole rings is 1. The van der Waals surface area contributed by atoms with E-state index in [1.165, 1.54) is 6.07 Å². The van der Waals surface area contributed by atoms with Crippen LogP contribution < -0.4 is 5.73 Å². The Balaban J connectivity index is 2.15. The fourth-order valence-electron chi connectivity index (χ4n) is 2.44. The number of aromatic nitrogens is 2. The molecule has 96 valence electrons. The van der Waals surface area contributed by atoms with Crippen molar-refractivity contribution >= 4 is 28.6 Å². The maximum Gasteiger partial charge on any atom is 0.201 e. The number of hydrogen-bond acceptors (Lipinski definition) is 3. The van der Waals surface area contributed by atoms with Crippen LogP contribution in [0.1, 0.15) is 18.9 Å². The first-order chi connectivity index (χ1) is 8.66. The van der Waals surface area contributed by atoms with Crippen LogP contribution in [0.15, 0.2) is 12.1 Å². The first kappa shape index (κ1) is 11.7. The molecule has 0 atom stereocenters. The van der Waals surface area contributed by atoms with Gasteiger partial charge in [0.15, 0.2) is 0 Å². The second kappa shape index (κ2) is 4.40. The Hall–Kier alpha value is -1.33. The number of ether oxygens (including phenoxy) is 1. The van der Waals surface area contributed by atoms with Crippen LogP contribution in [-0.4, -0.2) is 22.8 Å². The van der Waals surface area contributed by atoms with Gasteiger partial charge in [-0.15, -0.1) is 0 Å². The van der Waals surface area contributed by atoms with Gasteiger partial charge in [-0.2, -0.15) is 0 Å². The summed E-state index contributed by atoms with van der Waals surface area (Å²) < 4.78 is 20.7. The summed E-state index contributed by atoms with van der Waals surface area (Å²) in [7, 11) is 0. The third kappa shape index (κ3) is 1.83. The predicted octanol–water partition coefficient (Wildman–Crippen LogP) is 2.76. The van der Waals surface area contributed by atoms with Gasteiger partial charge < -0.3 is 15.0 Å². The van der Waals surface area contributed by atoms with Crippen molar-refractivity contribution in [1.82, 2.24) is 9.55 Å². The molecule has 1 aromatic carbocycles. The van der Waals surface area contributed by atoms with Crippen LogP contribution >= 0.6 is 11.6 Å². The molecule has 3 rings (SSSR count). The van der Waals surface area contributed by atoms with Gasteiger partial charge in [0.25, 0.3) is 0 Å². The van der Waals surface area contributed by atoms with Crippen LogP contribution in [-0.2, 0) is 4.74 Å². The normalized spacial score (nSPS) is 17.4. The van der Waals surface area contributed by atoms with Crippen molar-refractivity contribution in [2.75, 3.05) is 18.9 Å². The van der Waals surface area contributed by atoms with E-state index < -0.39 is 5.82 Å². The van der Waals surface area contributed by atoms with E-state index in [-0.39, 0.29) is 11.1 Å². The van der Waals surface area contributed by atoms with E-state index in [0.29, 0.717) is 24.7 Å². The van der Waals surface area contributed by atoms with Crippen molar-refractivity contribution in [3.8, 4) is 0 Å². The average Bonchev–Trinajstić information content (AvgIpc) is 2.66. The first-order valence-electron chi connectivity index (χ1n) is 5.87. The Morgan fingerprint density at radius 3 is 2.83 bits per heavy atom. The number of nitrogen functional groups attached to an aromatic ring is 1. The highest BCUT2D eigenvalue weighted by Crippen LogP contribution is 2.31. The third-order valence-corrected chi connectivity index (χ3v) is 3.60. The van der Waals surface area contributed by atoms with Crippen molar-refractivity contribution in [2.24, 2.45) is 0 Å². The lowest BCUT2D eigenvalue weighted by Gasteiger charge is -2.24. The monoisotopic (exact) mass is 269 g/mol. The van der Waals surface area contributed by atoms with Crippen molar-refractivity contribution < 1.29 is 9.13 Å². The summed E-state index contributed by atoms with van der Waals surface area (Å²) >= 11 is 5.83. The zero-order valence-corrected chi connectivity index (χ0v) is 10.5. The number of fused-ring (bicyclic) bond motifs is 1. The molecule has 2 heterocycles. The summed E-state index contributed by atoms with van der Waals surface area (Å²) in [5.74, 6) is -0.0700. The molecule has 0 bridgehead atoms. The molecule has 1 aliphatic rings. The fourth-order valence-corrected chi connectivity index (χ4v) is 2.59. The Morgan fingerprint density at radius 2 is 2.11 bits per heavy atom. The van der Waals surface area contributed by atoms with Crippen LogP contribution in [0.5, 0.6) is 0 Å². The molecule has 4 nitrogen and oxygen atoms in total. The molecule has 6 heteroatoms. The van der Waals surface area contributed by atoms with E-state index in [0.717, 1.165) is 18.4 Å². The van der Waals surface area contributed by atoms with Crippen molar-refractivity contribution in [1.29, 1.82) is 0 Å². The highest BCUT2D eigenvalue weighted by Gasteiger charge is 2.21. The number of benzene rings is 1. The topological polar surface area (TPSA) is 53.1 Å². The zero-order chi connectivity index (χ0) is 12.7. The van der Waals surface area contributed by atoms with E-state index in [4.69, 9.17) is 22.1 Å². The standard InChI is InChI=1S/C12H13ClFN3O/c13-8-5-11-10(6-9(8)14)16-12(15)17(11)7-1-3-18-4-2-7/h5-7H,1-4H2,(H2,15,16). The highest BCUT2D eigenvalue weighted by atomic mass is 35.5.